The molecule has 122 valence electrons. The Morgan fingerprint density at radius 2 is 1.71 bits per heavy atom. The highest BCUT2D eigenvalue weighted by Crippen LogP contribution is 2.24. The fourth-order valence-electron chi connectivity index (χ4n) is 3.97. The lowest BCUT2D eigenvalue weighted by atomic mass is 9.93. The molecule has 1 aliphatic carbocycles. The minimum absolute atomic E-state index is 0.150. The summed E-state index contributed by atoms with van der Waals surface area (Å²) in [4.78, 5) is 17.6. The number of hydrogen-bond acceptors (Lipinski definition) is 2. The molecule has 1 unspecified atom stereocenters. The molecule has 1 atom stereocenters. The molecule has 3 heteroatoms. The first kappa shape index (κ1) is 16.8. The van der Waals surface area contributed by atoms with E-state index >= 15 is 0 Å². The maximum Gasteiger partial charge on any atom is 0.239 e. The number of likely N-dealkylation sites (tertiary alicyclic amines) is 1. The van der Waals surface area contributed by atoms with Crippen molar-refractivity contribution in [1.82, 2.24) is 9.80 Å². The lowest BCUT2D eigenvalue weighted by Gasteiger charge is -2.39. The predicted octanol–water partition coefficient (Wildman–Crippen LogP) is 3.82. The fourth-order valence-corrected chi connectivity index (χ4v) is 3.97. The molecule has 3 nitrogen and oxygen atoms in total. The molecule has 1 amide bonds. The van der Waals surface area contributed by atoms with Gasteiger partial charge in [0.1, 0.15) is 0 Å². The second-order valence-electron chi connectivity index (χ2n) is 7.00. The van der Waals surface area contributed by atoms with E-state index in [2.05, 4.69) is 23.8 Å². The first-order chi connectivity index (χ1) is 10.2. The van der Waals surface area contributed by atoms with Crippen LogP contribution in [-0.4, -0.2) is 47.9 Å². The topological polar surface area (TPSA) is 23.6 Å². The van der Waals surface area contributed by atoms with E-state index in [1.54, 1.807) is 0 Å². The van der Waals surface area contributed by atoms with Crippen LogP contribution in [0.3, 0.4) is 0 Å². The highest BCUT2D eigenvalue weighted by atomic mass is 16.2. The Kier molecular flexibility index (Phi) is 7.01. The third-order valence-corrected chi connectivity index (χ3v) is 5.42. The predicted molar refractivity (Wildman–Crippen MR) is 88.4 cm³/mol. The van der Waals surface area contributed by atoms with Gasteiger partial charge in [-0.1, -0.05) is 45.4 Å². The zero-order valence-electron chi connectivity index (χ0n) is 14.1. The van der Waals surface area contributed by atoms with E-state index in [1.807, 2.05) is 0 Å². The zero-order valence-corrected chi connectivity index (χ0v) is 14.1. The summed E-state index contributed by atoms with van der Waals surface area (Å²) in [6.45, 7) is 4.47. The van der Waals surface area contributed by atoms with Crippen LogP contribution in [0.5, 0.6) is 0 Å². The van der Waals surface area contributed by atoms with Crippen molar-refractivity contribution in [2.45, 2.75) is 89.6 Å². The van der Waals surface area contributed by atoms with Crippen molar-refractivity contribution < 1.29 is 4.79 Å². The number of nitrogens with zero attached hydrogens (tertiary/aromatic N) is 2. The average molecular weight is 294 g/mol. The van der Waals surface area contributed by atoms with Gasteiger partial charge in [0.2, 0.25) is 5.91 Å². The molecule has 0 spiro atoms. The van der Waals surface area contributed by atoms with Crippen LogP contribution in [0, 0.1) is 0 Å². The van der Waals surface area contributed by atoms with Gasteiger partial charge in [-0.25, -0.2) is 0 Å². The Balaban J connectivity index is 1.97. The smallest absolute Gasteiger partial charge is 0.239 e. The Bertz CT molecular complexity index is 306. The molecule has 1 saturated carbocycles. The van der Waals surface area contributed by atoms with Gasteiger partial charge >= 0.3 is 0 Å². The van der Waals surface area contributed by atoms with Crippen LogP contribution in [0.25, 0.3) is 0 Å². The van der Waals surface area contributed by atoms with Crippen molar-refractivity contribution in [2.75, 3.05) is 20.1 Å². The maximum absolute atomic E-state index is 13.0. The molecular weight excluding hydrogens is 260 g/mol. The monoisotopic (exact) mass is 294 g/mol. The Labute approximate surface area is 131 Å². The molecule has 1 aliphatic heterocycles. The summed E-state index contributed by atoms with van der Waals surface area (Å²) < 4.78 is 0. The minimum Gasteiger partial charge on any atom is -0.341 e. The SMILES string of the molecule is CCCCC(C(=O)N(C)C1CCCCC1)N1CCCCC1. The molecule has 1 heterocycles. The van der Waals surface area contributed by atoms with Gasteiger partial charge in [-0.3, -0.25) is 9.69 Å². The van der Waals surface area contributed by atoms with Gasteiger partial charge in [0.25, 0.3) is 0 Å². The third-order valence-electron chi connectivity index (χ3n) is 5.42. The highest BCUT2D eigenvalue weighted by Gasteiger charge is 2.31. The molecular formula is C18H34N2O. The summed E-state index contributed by atoms with van der Waals surface area (Å²) in [6.07, 6.45) is 13.6. The summed E-state index contributed by atoms with van der Waals surface area (Å²) in [6, 6.07) is 0.650. The Morgan fingerprint density at radius 3 is 2.33 bits per heavy atom. The van der Waals surface area contributed by atoms with Crippen LogP contribution < -0.4 is 0 Å². The summed E-state index contributed by atoms with van der Waals surface area (Å²) in [5.74, 6) is 0.400. The van der Waals surface area contributed by atoms with Crippen LogP contribution >= 0.6 is 0 Å². The first-order valence-corrected chi connectivity index (χ1v) is 9.24. The Hall–Kier alpha value is -0.570. The lowest BCUT2D eigenvalue weighted by molar-refractivity contribution is -0.139. The number of carbonyl (C=O) groups is 1. The van der Waals surface area contributed by atoms with Crippen molar-refractivity contribution in [3.63, 3.8) is 0 Å². The summed E-state index contributed by atoms with van der Waals surface area (Å²) in [5.41, 5.74) is 0. The van der Waals surface area contributed by atoms with E-state index < -0.39 is 0 Å². The standard InChI is InChI=1S/C18H34N2O/c1-3-4-13-17(20-14-9-6-10-15-20)18(21)19(2)16-11-7-5-8-12-16/h16-17H,3-15H2,1-2H3. The number of piperidine rings is 1. The molecule has 0 aromatic heterocycles. The van der Waals surface area contributed by atoms with Crippen LogP contribution in [0.15, 0.2) is 0 Å². The zero-order chi connectivity index (χ0) is 15.1. The summed E-state index contributed by atoms with van der Waals surface area (Å²) >= 11 is 0. The van der Waals surface area contributed by atoms with E-state index in [-0.39, 0.29) is 6.04 Å². The number of carbonyl (C=O) groups excluding carboxylic acids is 1. The van der Waals surface area contributed by atoms with Crippen molar-refractivity contribution in [2.24, 2.45) is 0 Å². The molecule has 2 rings (SSSR count). The number of rotatable bonds is 6. The van der Waals surface area contributed by atoms with Crippen LogP contribution in [0.1, 0.15) is 77.6 Å². The second-order valence-corrected chi connectivity index (χ2v) is 7.00. The van der Waals surface area contributed by atoms with Crippen molar-refractivity contribution in [3.8, 4) is 0 Å². The van der Waals surface area contributed by atoms with E-state index in [0.29, 0.717) is 11.9 Å². The molecule has 0 N–H and O–H groups in total. The maximum atomic E-state index is 13.0. The van der Waals surface area contributed by atoms with Crippen molar-refractivity contribution >= 4 is 5.91 Å². The van der Waals surface area contributed by atoms with Gasteiger partial charge < -0.3 is 4.90 Å². The minimum atomic E-state index is 0.150. The van der Waals surface area contributed by atoms with E-state index in [0.717, 1.165) is 19.5 Å². The van der Waals surface area contributed by atoms with Gasteiger partial charge in [0.15, 0.2) is 0 Å². The molecule has 1 saturated heterocycles. The molecule has 21 heavy (non-hydrogen) atoms. The van der Waals surface area contributed by atoms with Gasteiger partial charge in [-0.15, -0.1) is 0 Å². The number of likely N-dealkylation sites (N-methyl/N-ethyl adjacent to an activating group) is 1. The second kappa shape index (κ2) is 8.77. The Morgan fingerprint density at radius 1 is 1.10 bits per heavy atom. The van der Waals surface area contributed by atoms with E-state index in [4.69, 9.17) is 0 Å². The van der Waals surface area contributed by atoms with E-state index in [9.17, 15) is 4.79 Å². The quantitative estimate of drug-likeness (QED) is 0.743. The van der Waals surface area contributed by atoms with Gasteiger partial charge in [0, 0.05) is 13.1 Å². The largest absolute Gasteiger partial charge is 0.341 e. The van der Waals surface area contributed by atoms with E-state index in [1.165, 1.54) is 64.2 Å². The third kappa shape index (κ3) is 4.70. The summed E-state index contributed by atoms with van der Waals surface area (Å²) in [7, 11) is 2.06. The normalized spacial score (nSPS) is 23.0. The number of amides is 1. The van der Waals surface area contributed by atoms with Gasteiger partial charge in [-0.2, -0.15) is 0 Å². The molecule has 0 aromatic rings. The van der Waals surface area contributed by atoms with Gasteiger partial charge in [-0.05, 0) is 45.2 Å². The van der Waals surface area contributed by atoms with Crippen LogP contribution in [0.4, 0.5) is 0 Å². The summed E-state index contributed by atoms with van der Waals surface area (Å²) in [5, 5.41) is 0. The first-order valence-electron chi connectivity index (χ1n) is 9.24. The van der Waals surface area contributed by atoms with Crippen LogP contribution in [0.2, 0.25) is 0 Å². The molecule has 2 fully saturated rings. The molecule has 0 aromatic carbocycles. The van der Waals surface area contributed by atoms with Gasteiger partial charge in [0.05, 0.1) is 6.04 Å². The number of unbranched alkanes of at least 4 members (excludes halogenated alkanes) is 1. The number of hydrogen-bond donors (Lipinski definition) is 0. The highest BCUT2D eigenvalue weighted by molar-refractivity contribution is 5.82. The van der Waals surface area contributed by atoms with Crippen molar-refractivity contribution in [3.05, 3.63) is 0 Å². The average Bonchev–Trinajstić information content (AvgIpc) is 2.56. The fraction of sp³-hybridized carbons (Fsp3) is 0.944. The van der Waals surface area contributed by atoms with Crippen molar-refractivity contribution in [1.29, 1.82) is 0 Å². The molecule has 0 radical (unpaired) electrons. The molecule has 0 bridgehead atoms. The lowest BCUT2D eigenvalue weighted by Crippen LogP contribution is -2.52. The van der Waals surface area contributed by atoms with Crippen LogP contribution in [-0.2, 0) is 4.79 Å². The molecule has 2 aliphatic rings.